The van der Waals surface area contributed by atoms with E-state index in [2.05, 4.69) is 5.10 Å². The molecule has 1 atom stereocenters. The van der Waals surface area contributed by atoms with Crippen molar-refractivity contribution in [2.75, 3.05) is 13.7 Å². The molecule has 2 heterocycles. The molecular weight excluding hydrogens is 272 g/mol. The van der Waals surface area contributed by atoms with Crippen LogP contribution in [0.5, 0.6) is 17.2 Å². The lowest BCUT2D eigenvalue weighted by Gasteiger charge is -2.25. The average Bonchev–Trinajstić information content (AvgIpc) is 2.96. The molecule has 0 N–H and O–H groups in total. The normalized spacial score (nSPS) is 16.6. The molecule has 0 bridgehead atoms. The summed E-state index contributed by atoms with van der Waals surface area (Å²) in [4.78, 5) is 12.7. The van der Waals surface area contributed by atoms with Gasteiger partial charge in [-0.25, -0.2) is 0 Å². The molecule has 0 saturated carbocycles. The van der Waals surface area contributed by atoms with E-state index in [1.807, 2.05) is 25.1 Å². The van der Waals surface area contributed by atoms with Crippen LogP contribution in [0.3, 0.4) is 0 Å². The van der Waals surface area contributed by atoms with Gasteiger partial charge in [-0.05, 0) is 19.1 Å². The Balaban J connectivity index is 1.89. The van der Waals surface area contributed by atoms with Gasteiger partial charge in [-0.15, -0.1) is 0 Å². The smallest absolute Gasteiger partial charge is 0.228 e. The van der Waals surface area contributed by atoms with E-state index >= 15 is 0 Å². The molecule has 1 unspecified atom stereocenters. The highest BCUT2D eigenvalue weighted by Gasteiger charge is 2.32. The number of benzene rings is 1. The number of rotatable bonds is 4. The van der Waals surface area contributed by atoms with Gasteiger partial charge in [-0.1, -0.05) is 12.1 Å². The zero-order valence-electron chi connectivity index (χ0n) is 11.9. The van der Waals surface area contributed by atoms with Crippen LogP contribution in [0.25, 0.3) is 0 Å². The Morgan fingerprint density at radius 2 is 2.19 bits per heavy atom. The van der Waals surface area contributed by atoms with E-state index in [9.17, 15) is 4.79 Å². The average molecular weight is 288 g/mol. The van der Waals surface area contributed by atoms with Gasteiger partial charge in [0.25, 0.3) is 0 Å². The Bertz CT molecular complexity index is 644. The summed E-state index contributed by atoms with van der Waals surface area (Å²) in [6.45, 7) is 2.67. The standard InChI is InChI=1S/C15H16N2O4/c1-3-17-14(12(19-2)8-16-17)15(18)13-9-20-10-6-4-5-7-11(10)21-13/h4-8,13H,3,9H2,1-2H3. The highest BCUT2D eigenvalue weighted by Crippen LogP contribution is 2.32. The summed E-state index contributed by atoms with van der Waals surface area (Å²) in [5, 5.41) is 4.14. The van der Waals surface area contributed by atoms with E-state index in [-0.39, 0.29) is 12.4 Å². The maximum absolute atomic E-state index is 12.7. The van der Waals surface area contributed by atoms with Crippen molar-refractivity contribution in [3.05, 3.63) is 36.2 Å². The van der Waals surface area contributed by atoms with Gasteiger partial charge in [-0.2, -0.15) is 5.10 Å². The van der Waals surface area contributed by atoms with Crippen LogP contribution in [0.1, 0.15) is 17.4 Å². The van der Waals surface area contributed by atoms with Crippen LogP contribution < -0.4 is 14.2 Å². The number of Topliss-reactive ketones (excluding diaryl/α,β-unsaturated/α-hetero) is 1. The van der Waals surface area contributed by atoms with Crippen LogP contribution in [-0.4, -0.2) is 35.4 Å². The molecule has 6 nitrogen and oxygen atoms in total. The predicted octanol–water partition coefficient (Wildman–Crippen LogP) is 1.93. The van der Waals surface area contributed by atoms with Crippen LogP contribution in [0.15, 0.2) is 30.5 Å². The van der Waals surface area contributed by atoms with Gasteiger partial charge in [0.15, 0.2) is 29.0 Å². The van der Waals surface area contributed by atoms with Crippen LogP contribution in [0, 0.1) is 0 Å². The molecule has 0 saturated heterocycles. The highest BCUT2D eigenvalue weighted by atomic mass is 16.6. The molecule has 1 aliphatic heterocycles. The Labute approximate surface area is 122 Å². The van der Waals surface area contributed by atoms with Gasteiger partial charge >= 0.3 is 0 Å². The molecule has 1 aliphatic rings. The number of fused-ring (bicyclic) bond motifs is 1. The quantitative estimate of drug-likeness (QED) is 0.804. The first-order valence-corrected chi connectivity index (χ1v) is 6.77. The third-order valence-corrected chi connectivity index (χ3v) is 3.36. The molecule has 0 radical (unpaired) electrons. The molecule has 0 aliphatic carbocycles. The van der Waals surface area contributed by atoms with Gasteiger partial charge < -0.3 is 14.2 Å². The van der Waals surface area contributed by atoms with Gasteiger partial charge in [-0.3, -0.25) is 9.48 Å². The fourth-order valence-electron chi connectivity index (χ4n) is 2.31. The Morgan fingerprint density at radius 3 is 2.90 bits per heavy atom. The number of hydrogen-bond donors (Lipinski definition) is 0. The summed E-state index contributed by atoms with van der Waals surface area (Å²) in [6.07, 6.45) is 0.838. The molecule has 2 aromatic rings. The number of nitrogens with zero attached hydrogens (tertiary/aromatic N) is 2. The van der Waals surface area contributed by atoms with Crippen molar-refractivity contribution in [1.82, 2.24) is 9.78 Å². The molecular formula is C15H16N2O4. The van der Waals surface area contributed by atoms with Crippen LogP contribution >= 0.6 is 0 Å². The van der Waals surface area contributed by atoms with Crippen molar-refractivity contribution in [2.45, 2.75) is 19.6 Å². The lowest BCUT2D eigenvalue weighted by atomic mass is 10.1. The minimum Gasteiger partial charge on any atom is -0.493 e. The summed E-state index contributed by atoms with van der Waals surface area (Å²) >= 11 is 0. The number of para-hydroxylation sites is 2. The molecule has 1 aromatic heterocycles. The SMILES string of the molecule is CCn1ncc(OC)c1C(=O)C1COc2ccccc2O1. The highest BCUT2D eigenvalue weighted by molar-refractivity contribution is 6.00. The zero-order valence-corrected chi connectivity index (χ0v) is 11.9. The predicted molar refractivity (Wildman–Crippen MR) is 75.1 cm³/mol. The topological polar surface area (TPSA) is 62.6 Å². The van der Waals surface area contributed by atoms with Crippen molar-refractivity contribution in [3.63, 3.8) is 0 Å². The van der Waals surface area contributed by atoms with Crippen molar-refractivity contribution in [2.24, 2.45) is 0 Å². The Hall–Kier alpha value is -2.50. The third kappa shape index (κ3) is 2.33. The fraction of sp³-hybridized carbons (Fsp3) is 0.333. The van der Waals surface area contributed by atoms with E-state index in [0.717, 1.165) is 0 Å². The zero-order chi connectivity index (χ0) is 14.8. The number of aryl methyl sites for hydroxylation is 1. The molecule has 0 amide bonds. The summed E-state index contributed by atoms with van der Waals surface area (Å²) in [6, 6.07) is 7.29. The molecule has 0 spiro atoms. The maximum atomic E-state index is 12.7. The first kappa shape index (κ1) is 13.5. The Morgan fingerprint density at radius 1 is 1.43 bits per heavy atom. The monoisotopic (exact) mass is 288 g/mol. The van der Waals surface area contributed by atoms with E-state index in [0.29, 0.717) is 29.5 Å². The molecule has 1 aromatic carbocycles. The maximum Gasteiger partial charge on any atom is 0.228 e. The van der Waals surface area contributed by atoms with E-state index < -0.39 is 6.10 Å². The number of hydrogen-bond acceptors (Lipinski definition) is 5. The second kappa shape index (κ2) is 5.47. The molecule has 6 heteroatoms. The van der Waals surface area contributed by atoms with Crippen LogP contribution in [0.4, 0.5) is 0 Å². The summed E-state index contributed by atoms with van der Waals surface area (Å²) < 4.78 is 18.1. The number of carbonyl (C=O) groups is 1. The van der Waals surface area contributed by atoms with Crippen LogP contribution in [-0.2, 0) is 6.54 Å². The first-order valence-electron chi connectivity index (χ1n) is 6.77. The third-order valence-electron chi connectivity index (χ3n) is 3.36. The van der Waals surface area contributed by atoms with Gasteiger partial charge in [0.1, 0.15) is 6.61 Å². The summed E-state index contributed by atoms with van der Waals surface area (Å²) in [5.41, 5.74) is 0.410. The summed E-state index contributed by atoms with van der Waals surface area (Å²) in [5.74, 6) is 1.48. The van der Waals surface area contributed by atoms with E-state index in [1.54, 1.807) is 10.7 Å². The number of methoxy groups -OCH3 is 1. The van der Waals surface area contributed by atoms with Crippen molar-refractivity contribution in [3.8, 4) is 17.2 Å². The summed E-state index contributed by atoms with van der Waals surface area (Å²) in [7, 11) is 1.52. The molecule has 0 fully saturated rings. The van der Waals surface area contributed by atoms with Crippen LogP contribution in [0.2, 0.25) is 0 Å². The second-order valence-electron chi connectivity index (χ2n) is 4.61. The molecule has 21 heavy (non-hydrogen) atoms. The van der Waals surface area contributed by atoms with Gasteiger partial charge in [0.2, 0.25) is 5.78 Å². The second-order valence-corrected chi connectivity index (χ2v) is 4.61. The molecule has 3 rings (SSSR count). The minimum atomic E-state index is -0.698. The lowest BCUT2D eigenvalue weighted by molar-refractivity contribution is 0.0572. The fourth-order valence-corrected chi connectivity index (χ4v) is 2.31. The first-order chi connectivity index (χ1) is 10.2. The largest absolute Gasteiger partial charge is 0.493 e. The lowest BCUT2D eigenvalue weighted by Crippen LogP contribution is -2.37. The van der Waals surface area contributed by atoms with Gasteiger partial charge in [0, 0.05) is 6.54 Å². The molecule has 110 valence electrons. The van der Waals surface area contributed by atoms with Crippen molar-refractivity contribution >= 4 is 5.78 Å². The van der Waals surface area contributed by atoms with Crippen molar-refractivity contribution in [1.29, 1.82) is 0 Å². The van der Waals surface area contributed by atoms with E-state index in [4.69, 9.17) is 14.2 Å². The number of aromatic nitrogens is 2. The minimum absolute atomic E-state index is 0.174. The number of ketones is 1. The number of carbonyl (C=O) groups excluding carboxylic acids is 1. The van der Waals surface area contributed by atoms with Gasteiger partial charge in [0.05, 0.1) is 13.3 Å². The Kier molecular flexibility index (Phi) is 3.51. The van der Waals surface area contributed by atoms with E-state index in [1.165, 1.54) is 13.3 Å². The number of ether oxygens (including phenoxy) is 3. The van der Waals surface area contributed by atoms with Crippen molar-refractivity contribution < 1.29 is 19.0 Å².